The number of hydrogen-bond acceptors (Lipinski definition) is 20. The number of hydrogen-bond donors (Lipinski definition) is 7. The number of benzene rings is 4. The number of carbonyl (C=O) groups excluding carboxylic acids is 12. The molecule has 0 unspecified atom stereocenters. The van der Waals surface area contributed by atoms with E-state index in [4.69, 9.17) is 39.9 Å². The number of esters is 4. The number of likely N-dealkylation sites (tertiary alicyclic amines) is 4. The van der Waals surface area contributed by atoms with Crippen molar-refractivity contribution < 1.29 is 114 Å². The molecule has 131 heavy (non-hydrogen) atoms. The summed E-state index contributed by atoms with van der Waals surface area (Å²) in [4.78, 5) is 179. The van der Waals surface area contributed by atoms with E-state index in [9.17, 15) is 77.3 Å². The summed E-state index contributed by atoms with van der Waals surface area (Å²) in [5.41, 5.74) is 9.87. The van der Waals surface area contributed by atoms with Gasteiger partial charge in [0.1, 0.15) is 71.0 Å². The lowest BCUT2D eigenvalue weighted by atomic mass is 9.93. The van der Waals surface area contributed by atoms with E-state index in [1.807, 2.05) is 0 Å². The van der Waals surface area contributed by atoms with E-state index in [1.54, 1.807) is 69.2 Å². The zero-order chi connectivity index (χ0) is 102. The Kier molecular flexibility index (Phi) is 28.8. The van der Waals surface area contributed by atoms with E-state index < -0.39 is 216 Å². The fourth-order valence-electron chi connectivity index (χ4n) is 16.7. The van der Waals surface area contributed by atoms with Crippen LogP contribution in [0.3, 0.4) is 0 Å². The topological polar surface area (TPSA) is 407 Å². The van der Waals surface area contributed by atoms with Gasteiger partial charge in [-0.15, -0.1) is 0 Å². The molecule has 0 aliphatic carbocycles. The van der Waals surface area contributed by atoms with Gasteiger partial charge in [0, 0.05) is 159 Å². The van der Waals surface area contributed by atoms with Crippen molar-refractivity contribution in [1.29, 1.82) is 0 Å². The van der Waals surface area contributed by atoms with Gasteiger partial charge >= 0.3 is 36.1 Å². The summed E-state index contributed by atoms with van der Waals surface area (Å²) in [6.45, 7) is 23.4. The van der Waals surface area contributed by atoms with Crippen molar-refractivity contribution in [2.24, 2.45) is 17.4 Å². The number of amides is 7. The number of rotatable bonds is 29. The highest BCUT2D eigenvalue weighted by atomic mass is 19.1. The SMILES string of the molecule is C.[2H]C([2H])(c1c(-c2[nH]c3cc(F)ccc3c2C([2H])([2H])[C@@H]2C[C@H](OC(C)=O)CN2C(=O)[C@@H](N)CC)[nH]c2cc(F)ccc12)[C@@H]1C[C@H](OC(C)=O)CN1C(=O)[C@@H](N)CC.[2H]C([2H])(c1c(-c2[nH]c3cc(F)ccc3c2C([2H])([2H])[C@@H]2C[C@H](OC(C)=O)CN2C(=O)[C@H](CC)NC(=O)[C@H](C)N(C)C(=O)OC(C)(C)C)[nH]c2cc(F)ccc12)[C@@H]1C[C@H](OC(C)=O)CN1C(=O)[C@H](CC)CC(=O)[C@H](C)N(C)C(=O)OC(C)(C)C. The van der Waals surface area contributed by atoms with E-state index in [2.05, 4.69) is 25.3 Å². The highest BCUT2D eigenvalue weighted by Crippen LogP contribution is 2.44. The Bertz CT molecular complexity index is 5660. The number of halogens is 4. The molecule has 9 N–H and O–H groups in total. The second kappa shape index (κ2) is 42.1. The second-order valence-corrected chi connectivity index (χ2v) is 35.5. The predicted molar refractivity (Wildman–Crippen MR) is 484 cm³/mol. The molecule has 4 aromatic heterocycles. The van der Waals surface area contributed by atoms with Gasteiger partial charge in [0.2, 0.25) is 29.5 Å². The van der Waals surface area contributed by atoms with Crippen LogP contribution in [0.15, 0.2) is 72.8 Å². The molecular weight excluding hydrogens is 1700 g/mol. The number of carbonyl (C=O) groups is 12. The molecule has 4 fully saturated rings. The van der Waals surface area contributed by atoms with E-state index in [0.717, 1.165) is 77.1 Å². The smallest absolute Gasteiger partial charge is 0.410 e. The number of likely N-dealkylation sites (N-methyl/N-ethyl adjacent to an activating group) is 2. The van der Waals surface area contributed by atoms with Gasteiger partial charge in [0.05, 0.1) is 67.1 Å². The van der Waals surface area contributed by atoms with Gasteiger partial charge in [-0.3, -0.25) is 52.8 Å². The number of nitrogens with zero attached hydrogens (tertiary/aromatic N) is 6. The molecule has 7 amide bonds. The average molecular weight is 1840 g/mol. The first-order valence-corrected chi connectivity index (χ1v) is 43.7. The molecule has 712 valence electrons. The summed E-state index contributed by atoms with van der Waals surface area (Å²) in [6.07, 6.45) is -16.6. The van der Waals surface area contributed by atoms with Gasteiger partial charge in [-0.2, -0.15) is 0 Å². The highest BCUT2D eigenvalue weighted by Gasteiger charge is 2.47. The molecule has 0 spiro atoms. The lowest BCUT2D eigenvalue weighted by Gasteiger charge is -2.31. The summed E-state index contributed by atoms with van der Waals surface area (Å²) >= 11 is 0. The van der Waals surface area contributed by atoms with Gasteiger partial charge in [-0.05, 0) is 202 Å². The van der Waals surface area contributed by atoms with Gasteiger partial charge in [-0.25, -0.2) is 27.2 Å². The van der Waals surface area contributed by atoms with Crippen molar-refractivity contribution in [1.82, 2.24) is 54.7 Å². The zero-order valence-corrected chi connectivity index (χ0v) is 76.4. The van der Waals surface area contributed by atoms with Crippen LogP contribution in [0, 0.1) is 29.2 Å². The van der Waals surface area contributed by atoms with Crippen LogP contribution < -0.4 is 16.8 Å². The van der Waals surface area contributed by atoms with Crippen molar-refractivity contribution in [2.45, 2.75) is 291 Å². The zero-order valence-electron chi connectivity index (χ0n) is 84.4. The van der Waals surface area contributed by atoms with Crippen molar-refractivity contribution in [3.63, 3.8) is 0 Å². The van der Waals surface area contributed by atoms with Crippen LogP contribution in [0.25, 0.3) is 66.4 Å². The van der Waals surface area contributed by atoms with Crippen LogP contribution in [0.5, 0.6) is 0 Å². The largest absolute Gasteiger partial charge is 0.461 e. The first kappa shape index (κ1) is 89.7. The predicted octanol–water partition coefficient (Wildman–Crippen LogP) is 13.0. The van der Waals surface area contributed by atoms with Crippen LogP contribution in [0.2, 0.25) is 0 Å². The molecule has 8 aromatic rings. The number of aromatic nitrogens is 4. The van der Waals surface area contributed by atoms with E-state index in [-0.39, 0.29) is 180 Å². The fraction of sp³-hybridized carbons (Fsp3) is 0.542. The highest BCUT2D eigenvalue weighted by molar-refractivity contribution is 6.00. The van der Waals surface area contributed by atoms with Crippen LogP contribution in [0.1, 0.15) is 209 Å². The quantitative estimate of drug-likeness (QED) is 0.0130. The summed E-state index contributed by atoms with van der Waals surface area (Å²) in [5, 5.41) is 3.25. The number of Topliss-reactive ketones (excluding diaryl/α,β-unsaturated/α-hetero) is 1. The molecule has 35 heteroatoms. The third-order valence-electron chi connectivity index (χ3n) is 23.5. The third kappa shape index (κ3) is 23.9. The summed E-state index contributed by atoms with van der Waals surface area (Å²) < 4.78 is 174. The fourth-order valence-corrected chi connectivity index (χ4v) is 16.7. The van der Waals surface area contributed by atoms with Crippen molar-refractivity contribution in [3.8, 4) is 22.8 Å². The Balaban J connectivity index is 0.000000304. The molecule has 8 heterocycles. The van der Waals surface area contributed by atoms with Gasteiger partial charge in [0.15, 0.2) is 5.78 Å². The molecule has 0 saturated carbocycles. The van der Waals surface area contributed by atoms with Gasteiger partial charge in [0.25, 0.3) is 0 Å². The van der Waals surface area contributed by atoms with Crippen LogP contribution in [-0.4, -0.2) is 251 Å². The first-order valence-electron chi connectivity index (χ1n) is 47.7. The van der Waals surface area contributed by atoms with Gasteiger partial charge in [-0.1, -0.05) is 35.1 Å². The Morgan fingerprint density at radius 2 is 0.718 bits per heavy atom. The first-order chi connectivity index (χ1) is 64.2. The van der Waals surface area contributed by atoms with Crippen molar-refractivity contribution >= 4 is 115 Å². The number of ether oxygens (including phenoxy) is 6. The van der Waals surface area contributed by atoms with Crippen LogP contribution in [0.4, 0.5) is 27.2 Å². The van der Waals surface area contributed by atoms with Crippen molar-refractivity contribution in [3.05, 3.63) is 118 Å². The Morgan fingerprint density at radius 1 is 0.443 bits per heavy atom. The number of nitrogens with two attached hydrogens (primary N) is 2. The summed E-state index contributed by atoms with van der Waals surface area (Å²) in [5.74, 6) is -10.4. The lowest BCUT2D eigenvalue weighted by molar-refractivity contribution is -0.147. The second-order valence-electron chi connectivity index (χ2n) is 35.5. The molecule has 12 rings (SSSR count). The summed E-state index contributed by atoms with van der Waals surface area (Å²) in [6, 6.07) is 3.24. The maximum absolute atomic E-state index is 15.4. The van der Waals surface area contributed by atoms with E-state index in [1.165, 1.54) is 80.8 Å². The number of nitrogens with one attached hydrogen (secondary N) is 5. The van der Waals surface area contributed by atoms with Crippen LogP contribution >= 0.6 is 0 Å². The molecule has 0 bridgehead atoms. The molecule has 4 aliphatic rings. The van der Waals surface area contributed by atoms with E-state index in [0.29, 0.717) is 0 Å². The average Bonchev–Trinajstić information content (AvgIpc) is 1.56. The van der Waals surface area contributed by atoms with Crippen LogP contribution in [-0.2, 0) is 102 Å². The minimum Gasteiger partial charge on any atom is -0.461 e. The Hall–Kier alpha value is -11.9. The maximum Gasteiger partial charge on any atom is 0.410 e. The maximum atomic E-state index is 15.4. The molecule has 31 nitrogen and oxygen atoms in total. The van der Waals surface area contributed by atoms with Gasteiger partial charge < -0.3 is 89.6 Å². The molecule has 4 aliphatic heterocycles. The number of aromatic amines is 4. The number of ketones is 1. The Labute approximate surface area is 771 Å². The summed E-state index contributed by atoms with van der Waals surface area (Å²) in [7, 11) is 2.75. The molecular formula is C96H127F4N13O18. The Morgan fingerprint density at radius 3 is 0.977 bits per heavy atom. The minimum atomic E-state index is -2.75. The third-order valence-corrected chi connectivity index (χ3v) is 23.5. The number of fused-ring (bicyclic) bond motifs is 4. The van der Waals surface area contributed by atoms with E-state index >= 15 is 8.78 Å². The minimum absolute atomic E-state index is 0. The lowest BCUT2D eigenvalue weighted by Crippen LogP contribution is -2.55. The number of H-pyrrole nitrogens is 4. The standard InChI is InChI=1S/C57H77F2N7O12.C38H46F2N6O6.CH4/c1-15-34(21-48(69)30(3)63(13)54(73)77-56(7,8)9)52(71)65-28-39(75-32(5)67)24-37(65)26-43-41-19-17-35(58)22-46(41)60-49(43)50-44(42-20-18-36(59)23-47(42)61-50)27-38-25-40(76-33(6)68)29-66(38)53(72)45(16-2)62-51(70)31(4)64(14)55(74)78-57(10,11)12;1-5-31(41)37(49)45-17-25(51-19(3)47)13-23(45)15-29-27-9-7-21(39)11-33(27)43-35(29)36-30(28-10-8-22(40)12-34(28)44-36)16-24-14-26(52-20(4)48)18-46(24)38(50)32(42)6-2;/h17-20,22-23,30-31,34,37-40,45,60-61H,15-16,21,24-29H2,1-14H3,(H,62,70);7-12,23-26,31-32,43-44H,5-6,13-18,41-42H2,1-4H3;1H4/t30-,31-,34+,37-,38-,39-,40-,45-;23-,24-,25-,26-,31-,32-;/m00./s1/i26D2,27D2;15D2,16D2;. The van der Waals surface area contributed by atoms with Crippen molar-refractivity contribution in [2.75, 3.05) is 40.3 Å². The normalized spacial score (nSPS) is 21.3. The molecule has 4 aromatic carbocycles. The molecule has 4 saturated heterocycles. The molecule has 14 atom stereocenters. The monoisotopic (exact) mass is 1830 g/mol. The molecule has 0 radical (unpaired) electrons.